The molecule has 2 aromatic carbocycles. The quantitative estimate of drug-likeness (QED) is 0.678. The fraction of sp³-hybridized carbons (Fsp3) is 0.304. The molecule has 5 nitrogen and oxygen atoms in total. The molecule has 1 aliphatic rings. The summed E-state index contributed by atoms with van der Waals surface area (Å²) >= 11 is 0. The lowest BCUT2D eigenvalue weighted by Crippen LogP contribution is -2.20. The van der Waals surface area contributed by atoms with E-state index in [9.17, 15) is 9.59 Å². The summed E-state index contributed by atoms with van der Waals surface area (Å²) < 4.78 is 11.4. The van der Waals surface area contributed by atoms with E-state index in [0.717, 1.165) is 53.4 Å². The van der Waals surface area contributed by atoms with Crippen molar-refractivity contribution in [2.45, 2.75) is 39.5 Å². The maximum atomic E-state index is 12.3. The Balaban J connectivity index is 1.56. The lowest BCUT2D eigenvalue weighted by atomic mass is 10.0. The molecule has 0 atom stereocenters. The number of aryl methyl sites for hydroxylation is 3. The maximum absolute atomic E-state index is 12.3. The number of anilines is 1. The zero-order valence-corrected chi connectivity index (χ0v) is 16.1. The number of rotatable bonds is 5. The van der Waals surface area contributed by atoms with Gasteiger partial charge >= 0.3 is 5.63 Å². The molecule has 5 heteroatoms. The Bertz CT molecular complexity index is 1100. The molecule has 144 valence electrons. The van der Waals surface area contributed by atoms with E-state index < -0.39 is 0 Å². The van der Waals surface area contributed by atoms with Crippen molar-refractivity contribution >= 4 is 22.6 Å². The number of hydrogen-bond acceptors (Lipinski definition) is 4. The van der Waals surface area contributed by atoms with Gasteiger partial charge in [0, 0.05) is 11.3 Å². The predicted molar refractivity (Wildman–Crippen MR) is 109 cm³/mol. The topological polar surface area (TPSA) is 68.5 Å². The molecule has 1 heterocycles. The van der Waals surface area contributed by atoms with Gasteiger partial charge in [0.2, 0.25) is 0 Å². The van der Waals surface area contributed by atoms with Crippen LogP contribution in [0.5, 0.6) is 5.75 Å². The highest BCUT2D eigenvalue weighted by molar-refractivity contribution is 5.93. The first-order chi connectivity index (χ1) is 13.5. The molecular formula is C23H23NO4. The third-order valence-corrected chi connectivity index (χ3v) is 5.18. The molecule has 0 aliphatic heterocycles. The first-order valence-electron chi connectivity index (χ1n) is 9.66. The van der Waals surface area contributed by atoms with E-state index in [4.69, 9.17) is 9.15 Å². The van der Waals surface area contributed by atoms with E-state index in [-0.39, 0.29) is 18.1 Å². The van der Waals surface area contributed by atoms with Gasteiger partial charge in [-0.15, -0.1) is 0 Å². The van der Waals surface area contributed by atoms with Crippen LogP contribution in [0.3, 0.4) is 0 Å². The van der Waals surface area contributed by atoms with E-state index >= 15 is 0 Å². The molecule has 0 saturated carbocycles. The second kappa shape index (κ2) is 7.50. The molecule has 0 fully saturated rings. The van der Waals surface area contributed by atoms with Crippen molar-refractivity contribution in [2.24, 2.45) is 0 Å². The summed E-state index contributed by atoms with van der Waals surface area (Å²) in [7, 11) is 0. The van der Waals surface area contributed by atoms with Gasteiger partial charge in [-0.2, -0.15) is 0 Å². The Labute approximate surface area is 163 Å². The second-order valence-electron chi connectivity index (χ2n) is 7.22. The summed E-state index contributed by atoms with van der Waals surface area (Å²) in [6.45, 7) is 3.89. The van der Waals surface area contributed by atoms with E-state index in [1.807, 2.05) is 43.3 Å². The third-order valence-electron chi connectivity index (χ3n) is 5.18. The van der Waals surface area contributed by atoms with Crippen molar-refractivity contribution in [1.29, 1.82) is 0 Å². The zero-order valence-electron chi connectivity index (χ0n) is 16.1. The highest BCUT2D eigenvalue weighted by Gasteiger charge is 2.22. The average Bonchev–Trinajstić information content (AvgIpc) is 3.17. The van der Waals surface area contributed by atoms with Gasteiger partial charge in [-0.25, -0.2) is 4.79 Å². The van der Waals surface area contributed by atoms with E-state index in [2.05, 4.69) is 12.2 Å². The van der Waals surface area contributed by atoms with Gasteiger partial charge < -0.3 is 14.5 Å². The summed E-state index contributed by atoms with van der Waals surface area (Å²) in [5.74, 6) is 0.362. The van der Waals surface area contributed by atoms with Crippen molar-refractivity contribution in [2.75, 3.05) is 11.9 Å². The largest absolute Gasteiger partial charge is 0.483 e. The van der Waals surface area contributed by atoms with Gasteiger partial charge in [0.15, 0.2) is 6.61 Å². The van der Waals surface area contributed by atoms with E-state index in [0.29, 0.717) is 11.3 Å². The van der Waals surface area contributed by atoms with Gasteiger partial charge in [-0.1, -0.05) is 19.1 Å². The number of carbonyl (C=O) groups is 1. The van der Waals surface area contributed by atoms with Crippen molar-refractivity contribution in [3.8, 4) is 5.75 Å². The summed E-state index contributed by atoms with van der Waals surface area (Å²) in [5, 5.41) is 3.67. The SMILES string of the molecule is CCc1ccc(NC(=O)COc2cc(C)cc3oc(=O)c4c(c23)CCC4)cc1. The molecule has 3 aromatic rings. The number of ether oxygens (including phenoxy) is 1. The van der Waals surface area contributed by atoms with Gasteiger partial charge in [-0.05, 0) is 73.6 Å². The number of carbonyl (C=O) groups excluding carboxylic acids is 1. The molecule has 0 saturated heterocycles. The van der Waals surface area contributed by atoms with Crippen LogP contribution in [-0.4, -0.2) is 12.5 Å². The van der Waals surface area contributed by atoms with Crippen LogP contribution in [0.1, 0.15) is 35.6 Å². The molecule has 1 aliphatic carbocycles. The summed E-state index contributed by atoms with van der Waals surface area (Å²) in [6.07, 6.45) is 3.45. The minimum Gasteiger partial charge on any atom is -0.483 e. The van der Waals surface area contributed by atoms with Crippen LogP contribution < -0.4 is 15.7 Å². The molecule has 0 spiro atoms. The number of nitrogens with one attached hydrogen (secondary N) is 1. The zero-order chi connectivity index (χ0) is 19.7. The summed E-state index contributed by atoms with van der Waals surface area (Å²) in [4.78, 5) is 24.5. The van der Waals surface area contributed by atoms with Gasteiger partial charge in [0.05, 0.1) is 5.39 Å². The Hall–Kier alpha value is -3.08. The Kier molecular flexibility index (Phi) is 4.90. The standard InChI is InChI=1S/C23H23NO4/c1-3-15-7-9-16(10-8-15)24-21(25)13-27-19-11-14(2)12-20-22(19)17-5-4-6-18(17)23(26)28-20/h7-12H,3-6,13H2,1-2H3,(H,24,25). The first kappa shape index (κ1) is 18.3. The van der Waals surface area contributed by atoms with Crippen molar-refractivity contribution in [1.82, 2.24) is 0 Å². The molecule has 0 bridgehead atoms. The molecular weight excluding hydrogens is 354 g/mol. The van der Waals surface area contributed by atoms with Crippen LogP contribution in [0.15, 0.2) is 45.6 Å². The first-order valence-corrected chi connectivity index (χ1v) is 9.66. The van der Waals surface area contributed by atoms with Crippen molar-refractivity contribution < 1.29 is 13.9 Å². The fourth-order valence-corrected chi connectivity index (χ4v) is 3.78. The van der Waals surface area contributed by atoms with Crippen LogP contribution in [0, 0.1) is 6.92 Å². The monoisotopic (exact) mass is 377 g/mol. The van der Waals surface area contributed by atoms with Crippen molar-refractivity contribution in [3.63, 3.8) is 0 Å². The smallest absolute Gasteiger partial charge is 0.339 e. The van der Waals surface area contributed by atoms with Gasteiger partial charge in [-0.3, -0.25) is 4.79 Å². The maximum Gasteiger partial charge on any atom is 0.339 e. The van der Waals surface area contributed by atoms with Crippen LogP contribution in [0.25, 0.3) is 11.0 Å². The van der Waals surface area contributed by atoms with E-state index in [1.54, 1.807) is 0 Å². The van der Waals surface area contributed by atoms with Crippen molar-refractivity contribution in [3.05, 3.63) is 69.1 Å². The minimum absolute atomic E-state index is 0.109. The van der Waals surface area contributed by atoms with Crippen LogP contribution in [0.4, 0.5) is 5.69 Å². The lowest BCUT2D eigenvalue weighted by Gasteiger charge is -2.13. The second-order valence-corrected chi connectivity index (χ2v) is 7.22. The third kappa shape index (κ3) is 3.52. The Morgan fingerprint density at radius 2 is 1.89 bits per heavy atom. The number of amides is 1. The van der Waals surface area contributed by atoms with Crippen LogP contribution >= 0.6 is 0 Å². The Morgan fingerprint density at radius 3 is 2.64 bits per heavy atom. The normalized spacial score (nSPS) is 12.8. The van der Waals surface area contributed by atoms with Crippen LogP contribution in [-0.2, 0) is 24.1 Å². The molecule has 4 rings (SSSR count). The lowest BCUT2D eigenvalue weighted by molar-refractivity contribution is -0.118. The van der Waals surface area contributed by atoms with Crippen LogP contribution in [0.2, 0.25) is 0 Å². The number of hydrogen-bond donors (Lipinski definition) is 1. The molecule has 1 amide bonds. The molecule has 0 radical (unpaired) electrons. The summed E-state index contributed by atoms with van der Waals surface area (Å²) in [6, 6.07) is 11.5. The summed E-state index contributed by atoms with van der Waals surface area (Å²) in [5.41, 5.74) is 4.88. The molecule has 1 aromatic heterocycles. The predicted octanol–water partition coefficient (Wildman–Crippen LogP) is 4.17. The molecule has 28 heavy (non-hydrogen) atoms. The average molecular weight is 377 g/mol. The molecule has 0 unspecified atom stereocenters. The van der Waals surface area contributed by atoms with Gasteiger partial charge in [0.25, 0.3) is 5.91 Å². The minimum atomic E-state index is -0.259. The fourth-order valence-electron chi connectivity index (χ4n) is 3.78. The number of benzene rings is 2. The highest BCUT2D eigenvalue weighted by Crippen LogP contribution is 2.35. The molecule has 1 N–H and O–H groups in total. The van der Waals surface area contributed by atoms with E-state index in [1.165, 1.54) is 5.56 Å². The van der Waals surface area contributed by atoms with Gasteiger partial charge in [0.1, 0.15) is 11.3 Å². The Morgan fingerprint density at radius 1 is 1.14 bits per heavy atom. The number of fused-ring (bicyclic) bond motifs is 3. The highest BCUT2D eigenvalue weighted by atomic mass is 16.5.